The number of rotatable bonds is 3. The van der Waals surface area contributed by atoms with Crippen LogP contribution in [0.1, 0.15) is 40.4 Å². The molecule has 0 fully saturated rings. The topological polar surface area (TPSA) is 17.1 Å². The van der Waals surface area contributed by atoms with Gasteiger partial charge in [0.25, 0.3) is 0 Å². The summed E-state index contributed by atoms with van der Waals surface area (Å²) in [5.74, 6) is 0.467. The monoisotopic (exact) mass is 196 g/mol. The highest BCUT2D eigenvalue weighted by molar-refractivity contribution is 7.14. The summed E-state index contributed by atoms with van der Waals surface area (Å²) >= 11 is 1.62. The summed E-state index contributed by atoms with van der Waals surface area (Å²) in [5, 5.41) is 0. The van der Waals surface area contributed by atoms with Gasteiger partial charge in [-0.2, -0.15) is 0 Å². The van der Waals surface area contributed by atoms with Crippen LogP contribution in [-0.2, 0) is 0 Å². The van der Waals surface area contributed by atoms with Crippen molar-refractivity contribution in [1.29, 1.82) is 0 Å². The molecule has 0 spiro atoms. The van der Waals surface area contributed by atoms with Crippen molar-refractivity contribution in [3.63, 3.8) is 0 Å². The van der Waals surface area contributed by atoms with Gasteiger partial charge in [0.05, 0.1) is 4.88 Å². The molecular weight excluding hydrogens is 180 g/mol. The molecule has 0 bridgehead atoms. The predicted octanol–water partition coefficient (Wildman–Crippen LogP) is 3.59. The predicted molar refractivity (Wildman–Crippen MR) is 57.6 cm³/mol. The van der Waals surface area contributed by atoms with Crippen LogP contribution in [0.2, 0.25) is 0 Å². The summed E-state index contributed by atoms with van der Waals surface area (Å²) < 4.78 is 0. The maximum atomic E-state index is 11.8. The number of carbonyl (C=O) groups is 1. The first-order chi connectivity index (χ1) is 6.06. The zero-order valence-electron chi connectivity index (χ0n) is 8.68. The highest BCUT2D eigenvalue weighted by atomic mass is 32.1. The number of carbonyl (C=O) groups excluding carboxylic acids is 1. The minimum absolute atomic E-state index is 0.164. The first kappa shape index (κ1) is 10.5. The van der Waals surface area contributed by atoms with E-state index in [1.165, 1.54) is 4.88 Å². The molecule has 0 N–H and O–H groups in total. The maximum Gasteiger partial charge on any atom is 0.175 e. The molecule has 0 aliphatic rings. The highest BCUT2D eigenvalue weighted by Gasteiger charge is 2.17. The van der Waals surface area contributed by atoms with E-state index >= 15 is 0 Å². The van der Waals surface area contributed by atoms with E-state index in [2.05, 4.69) is 13.0 Å². The summed E-state index contributed by atoms with van der Waals surface area (Å²) in [6.45, 7) is 8.11. The Balaban J connectivity index is 2.94. The van der Waals surface area contributed by atoms with Gasteiger partial charge in [-0.15, -0.1) is 11.3 Å². The van der Waals surface area contributed by atoms with Gasteiger partial charge in [0.1, 0.15) is 0 Å². The van der Waals surface area contributed by atoms with Crippen LogP contribution in [-0.4, -0.2) is 5.78 Å². The van der Waals surface area contributed by atoms with Gasteiger partial charge in [-0.1, -0.05) is 13.8 Å². The Bertz CT molecular complexity index is 312. The van der Waals surface area contributed by atoms with E-state index in [9.17, 15) is 4.79 Å². The Morgan fingerprint density at radius 2 is 2.15 bits per heavy atom. The molecule has 1 rings (SSSR count). The van der Waals surface area contributed by atoms with Crippen molar-refractivity contribution in [3.05, 3.63) is 21.4 Å². The molecule has 0 aliphatic heterocycles. The van der Waals surface area contributed by atoms with Crippen LogP contribution in [0.15, 0.2) is 6.07 Å². The fourth-order valence-electron chi connectivity index (χ4n) is 1.30. The molecule has 0 saturated heterocycles. The van der Waals surface area contributed by atoms with Crippen LogP contribution in [0, 0.1) is 19.8 Å². The molecule has 1 unspecified atom stereocenters. The molecule has 0 aliphatic carbocycles. The number of hydrogen-bond donors (Lipinski definition) is 0. The fraction of sp³-hybridized carbons (Fsp3) is 0.545. The lowest BCUT2D eigenvalue weighted by Gasteiger charge is -2.05. The second-order valence-corrected chi connectivity index (χ2v) is 4.80. The van der Waals surface area contributed by atoms with Crippen LogP contribution < -0.4 is 0 Å². The molecule has 0 amide bonds. The van der Waals surface area contributed by atoms with Crippen LogP contribution in [0.3, 0.4) is 0 Å². The third-order valence-electron chi connectivity index (χ3n) is 2.32. The van der Waals surface area contributed by atoms with E-state index in [0.717, 1.165) is 16.9 Å². The lowest BCUT2D eigenvalue weighted by Crippen LogP contribution is -2.09. The largest absolute Gasteiger partial charge is 0.293 e. The minimum atomic E-state index is 0.164. The van der Waals surface area contributed by atoms with Crippen LogP contribution in [0.4, 0.5) is 0 Å². The summed E-state index contributed by atoms with van der Waals surface area (Å²) in [6, 6.07) is 2.08. The molecule has 1 atom stereocenters. The van der Waals surface area contributed by atoms with E-state index < -0.39 is 0 Å². The summed E-state index contributed by atoms with van der Waals surface area (Å²) in [5.41, 5.74) is 1.13. The molecule has 1 heterocycles. The standard InChI is InChI=1S/C11H16OS/c1-5-7(2)10(12)11-8(3)6-9(4)13-11/h6-7H,5H2,1-4H3. The van der Waals surface area contributed by atoms with Gasteiger partial charge in [0.15, 0.2) is 5.78 Å². The van der Waals surface area contributed by atoms with Crippen LogP contribution >= 0.6 is 11.3 Å². The first-order valence-corrected chi connectivity index (χ1v) is 5.49. The fourth-order valence-corrected chi connectivity index (χ4v) is 2.37. The molecular formula is C11H16OS. The maximum absolute atomic E-state index is 11.8. The quantitative estimate of drug-likeness (QED) is 0.675. The number of ketones is 1. The van der Waals surface area contributed by atoms with Gasteiger partial charge in [-0.25, -0.2) is 0 Å². The summed E-state index contributed by atoms with van der Waals surface area (Å²) in [4.78, 5) is 14.0. The van der Waals surface area contributed by atoms with Crippen molar-refractivity contribution in [1.82, 2.24) is 0 Å². The number of aryl methyl sites for hydroxylation is 2. The Kier molecular flexibility index (Phi) is 3.26. The Hall–Kier alpha value is -0.630. The van der Waals surface area contributed by atoms with Crippen molar-refractivity contribution in [2.24, 2.45) is 5.92 Å². The molecule has 1 aromatic heterocycles. The van der Waals surface area contributed by atoms with Crippen LogP contribution in [0.25, 0.3) is 0 Å². The van der Waals surface area contributed by atoms with Gasteiger partial charge in [-0.3, -0.25) is 4.79 Å². The van der Waals surface area contributed by atoms with E-state index in [0.29, 0.717) is 5.78 Å². The number of Topliss-reactive ketones (excluding diaryl/α,β-unsaturated/α-hetero) is 1. The van der Waals surface area contributed by atoms with Gasteiger partial charge in [0.2, 0.25) is 0 Å². The lowest BCUT2D eigenvalue weighted by molar-refractivity contribution is 0.0931. The molecule has 1 aromatic rings. The third-order valence-corrected chi connectivity index (χ3v) is 3.49. The Morgan fingerprint density at radius 3 is 2.54 bits per heavy atom. The molecule has 0 aromatic carbocycles. The van der Waals surface area contributed by atoms with E-state index in [4.69, 9.17) is 0 Å². The number of hydrogen-bond acceptors (Lipinski definition) is 2. The first-order valence-electron chi connectivity index (χ1n) is 4.67. The van der Waals surface area contributed by atoms with Crippen molar-refractivity contribution in [3.8, 4) is 0 Å². The van der Waals surface area contributed by atoms with Gasteiger partial charge >= 0.3 is 0 Å². The van der Waals surface area contributed by atoms with Crippen molar-refractivity contribution >= 4 is 17.1 Å². The third kappa shape index (κ3) is 2.19. The minimum Gasteiger partial charge on any atom is -0.293 e. The zero-order chi connectivity index (χ0) is 10.0. The van der Waals surface area contributed by atoms with Crippen molar-refractivity contribution in [2.45, 2.75) is 34.1 Å². The Morgan fingerprint density at radius 1 is 1.54 bits per heavy atom. The van der Waals surface area contributed by atoms with Gasteiger partial charge in [0, 0.05) is 10.8 Å². The van der Waals surface area contributed by atoms with Crippen molar-refractivity contribution < 1.29 is 4.79 Å². The molecule has 0 radical (unpaired) electrons. The average Bonchev–Trinajstić information content (AvgIpc) is 2.42. The lowest BCUT2D eigenvalue weighted by atomic mass is 10.0. The molecule has 2 heteroatoms. The second kappa shape index (κ2) is 4.05. The summed E-state index contributed by atoms with van der Waals surface area (Å²) in [6.07, 6.45) is 0.926. The smallest absolute Gasteiger partial charge is 0.175 e. The molecule has 72 valence electrons. The Labute approximate surface area is 83.8 Å². The van der Waals surface area contributed by atoms with Gasteiger partial charge < -0.3 is 0 Å². The van der Waals surface area contributed by atoms with Gasteiger partial charge in [-0.05, 0) is 31.9 Å². The van der Waals surface area contributed by atoms with E-state index in [-0.39, 0.29) is 5.92 Å². The van der Waals surface area contributed by atoms with E-state index in [1.54, 1.807) is 11.3 Å². The van der Waals surface area contributed by atoms with Crippen LogP contribution in [0.5, 0.6) is 0 Å². The summed E-state index contributed by atoms with van der Waals surface area (Å²) in [7, 11) is 0. The molecule has 13 heavy (non-hydrogen) atoms. The molecule has 0 saturated carbocycles. The molecule has 1 nitrogen and oxygen atoms in total. The average molecular weight is 196 g/mol. The van der Waals surface area contributed by atoms with Crippen molar-refractivity contribution in [2.75, 3.05) is 0 Å². The zero-order valence-corrected chi connectivity index (χ0v) is 9.49. The number of thiophene rings is 1. The van der Waals surface area contributed by atoms with E-state index in [1.807, 2.05) is 20.8 Å². The SMILES string of the molecule is CCC(C)C(=O)c1sc(C)cc1C. The normalized spacial score (nSPS) is 12.9. The second-order valence-electron chi connectivity index (χ2n) is 3.54. The highest BCUT2D eigenvalue weighted by Crippen LogP contribution is 2.24.